The SMILES string of the molecule is CCCCn1ccnc1C12CC3CC(CC(C3)C1)C2. The largest absolute Gasteiger partial charge is 0.334 e. The molecule has 0 N–H and O–H groups in total. The molecule has 2 heteroatoms. The quantitative estimate of drug-likeness (QED) is 0.793. The van der Waals surface area contributed by atoms with Gasteiger partial charge in [-0.05, 0) is 62.7 Å². The number of nitrogens with zero attached hydrogens (tertiary/aromatic N) is 2. The second-order valence-corrected chi connectivity index (χ2v) is 7.50. The Morgan fingerprint density at radius 3 is 2.37 bits per heavy atom. The fourth-order valence-corrected chi connectivity index (χ4v) is 5.66. The third kappa shape index (κ3) is 1.86. The van der Waals surface area contributed by atoms with Crippen molar-refractivity contribution in [3.05, 3.63) is 18.2 Å². The summed E-state index contributed by atoms with van der Waals surface area (Å²) in [4.78, 5) is 4.82. The Hall–Kier alpha value is -0.790. The molecule has 1 heterocycles. The van der Waals surface area contributed by atoms with Crippen LogP contribution in [0, 0.1) is 17.8 Å². The first-order valence-electron chi connectivity index (χ1n) is 8.31. The third-order valence-electron chi connectivity index (χ3n) is 5.98. The molecule has 0 radical (unpaired) electrons. The van der Waals surface area contributed by atoms with Gasteiger partial charge in [0.25, 0.3) is 0 Å². The number of aryl methyl sites for hydroxylation is 1. The van der Waals surface area contributed by atoms with E-state index in [-0.39, 0.29) is 0 Å². The molecule has 1 aromatic heterocycles. The maximum absolute atomic E-state index is 4.82. The van der Waals surface area contributed by atoms with Gasteiger partial charge in [-0.15, -0.1) is 0 Å². The zero-order valence-corrected chi connectivity index (χ0v) is 12.1. The Morgan fingerprint density at radius 2 is 1.79 bits per heavy atom. The smallest absolute Gasteiger partial charge is 0.114 e. The van der Waals surface area contributed by atoms with Crippen LogP contribution in [0.4, 0.5) is 0 Å². The lowest BCUT2D eigenvalue weighted by Gasteiger charge is -2.56. The van der Waals surface area contributed by atoms with E-state index in [1.165, 1.54) is 63.7 Å². The number of rotatable bonds is 4. The van der Waals surface area contributed by atoms with E-state index in [1.54, 1.807) is 0 Å². The molecule has 104 valence electrons. The van der Waals surface area contributed by atoms with Gasteiger partial charge >= 0.3 is 0 Å². The summed E-state index contributed by atoms with van der Waals surface area (Å²) in [6, 6.07) is 0. The summed E-state index contributed by atoms with van der Waals surface area (Å²) in [6.07, 6.45) is 15.7. The Labute approximate surface area is 116 Å². The summed E-state index contributed by atoms with van der Waals surface area (Å²) in [5, 5.41) is 0. The maximum Gasteiger partial charge on any atom is 0.114 e. The Morgan fingerprint density at radius 1 is 1.16 bits per heavy atom. The van der Waals surface area contributed by atoms with Crippen molar-refractivity contribution in [1.82, 2.24) is 9.55 Å². The van der Waals surface area contributed by atoms with Crippen molar-refractivity contribution < 1.29 is 0 Å². The Kier molecular flexibility index (Phi) is 2.75. The van der Waals surface area contributed by atoms with Gasteiger partial charge in [0.15, 0.2) is 0 Å². The van der Waals surface area contributed by atoms with E-state index in [1.807, 2.05) is 6.20 Å². The third-order valence-corrected chi connectivity index (χ3v) is 5.98. The fourth-order valence-electron chi connectivity index (χ4n) is 5.66. The van der Waals surface area contributed by atoms with E-state index >= 15 is 0 Å². The van der Waals surface area contributed by atoms with Crippen molar-refractivity contribution in [3.63, 3.8) is 0 Å². The number of imidazole rings is 1. The molecule has 0 aromatic carbocycles. The molecule has 19 heavy (non-hydrogen) atoms. The second kappa shape index (κ2) is 4.36. The summed E-state index contributed by atoms with van der Waals surface area (Å²) in [5.74, 6) is 4.49. The zero-order valence-electron chi connectivity index (χ0n) is 12.1. The van der Waals surface area contributed by atoms with Crippen molar-refractivity contribution in [2.24, 2.45) is 17.8 Å². The first-order valence-corrected chi connectivity index (χ1v) is 8.31. The van der Waals surface area contributed by atoms with E-state index < -0.39 is 0 Å². The van der Waals surface area contributed by atoms with E-state index in [9.17, 15) is 0 Å². The van der Waals surface area contributed by atoms with Crippen LogP contribution in [0.15, 0.2) is 12.4 Å². The van der Waals surface area contributed by atoms with Gasteiger partial charge in [0, 0.05) is 24.4 Å². The molecule has 1 aromatic rings. The average Bonchev–Trinajstić information content (AvgIpc) is 2.83. The molecule has 0 aliphatic heterocycles. The van der Waals surface area contributed by atoms with Crippen molar-refractivity contribution in [2.75, 3.05) is 0 Å². The highest BCUT2D eigenvalue weighted by atomic mass is 15.1. The monoisotopic (exact) mass is 258 g/mol. The van der Waals surface area contributed by atoms with Crippen molar-refractivity contribution in [3.8, 4) is 0 Å². The van der Waals surface area contributed by atoms with Crippen LogP contribution in [-0.2, 0) is 12.0 Å². The lowest BCUT2D eigenvalue weighted by molar-refractivity contribution is -0.0110. The molecule has 0 spiro atoms. The van der Waals surface area contributed by atoms with Crippen molar-refractivity contribution in [2.45, 2.75) is 70.3 Å². The van der Waals surface area contributed by atoms with Crippen LogP contribution in [0.5, 0.6) is 0 Å². The number of aromatic nitrogens is 2. The molecule has 4 bridgehead atoms. The Bertz CT molecular complexity index is 424. The van der Waals surface area contributed by atoms with Gasteiger partial charge in [-0.2, -0.15) is 0 Å². The van der Waals surface area contributed by atoms with Gasteiger partial charge in [0.1, 0.15) is 5.82 Å². The van der Waals surface area contributed by atoms with Gasteiger partial charge in [0.2, 0.25) is 0 Å². The molecule has 5 rings (SSSR count). The van der Waals surface area contributed by atoms with Crippen LogP contribution in [0.2, 0.25) is 0 Å². The zero-order chi connectivity index (χ0) is 12.9. The molecule has 0 saturated heterocycles. The Balaban J connectivity index is 1.66. The first kappa shape index (κ1) is 12.0. The van der Waals surface area contributed by atoms with Crippen LogP contribution in [-0.4, -0.2) is 9.55 Å². The molecule has 4 aliphatic carbocycles. The molecule has 0 unspecified atom stereocenters. The maximum atomic E-state index is 4.82. The number of hydrogen-bond acceptors (Lipinski definition) is 1. The summed E-state index contributed by atoms with van der Waals surface area (Å²) < 4.78 is 2.48. The predicted molar refractivity (Wildman–Crippen MR) is 77.0 cm³/mol. The highest BCUT2D eigenvalue weighted by molar-refractivity contribution is 5.18. The lowest BCUT2D eigenvalue weighted by Crippen LogP contribution is -2.49. The minimum absolute atomic E-state index is 0.464. The minimum Gasteiger partial charge on any atom is -0.334 e. The highest BCUT2D eigenvalue weighted by Gasteiger charge is 2.53. The fraction of sp³-hybridized carbons (Fsp3) is 0.824. The molecule has 0 atom stereocenters. The van der Waals surface area contributed by atoms with E-state index in [0.717, 1.165) is 17.8 Å². The molecule has 4 saturated carbocycles. The average molecular weight is 258 g/mol. The van der Waals surface area contributed by atoms with E-state index in [2.05, 4.69) is 17.7 Å². The lowest BCUT2D eigenvalue weighted by atomic mass is 9.49. The van der Waals surface area contributed by atoms with E-state index in [4.69, 9.17) is 4.98 Å². The summed E-state index contributed by atoms with van der Waals surface area (Å²) in [7, 11) is 0. The first-order chi connectivity index (χ1) is 9.29. The van der Waals surface area contributed by atoms with Gasteiger partial charge in [-0.3, -0.25) is 0 Å². The van der Waals surface area contributed by atoms with Gasteiger partial charge in [0.05, 0.1) is 0 Å². The molecule has 4 fully saturated rings. The van der Waals surface area contributed by atoms with Crippen molar-refractivity contribution >= 4 is 0 Å². The number of unbranched alkanes of at least 4 members (excludes halogenated alkanes) is 1. The molecule has 0 amide bonds. The van der Waals surface area contributed by atoms with Crippen LogP contribution >= 0.6 is 0 Å². The van der Waals surface area contributed by atoms with Gasteiger partial charge in [-0.25, -0.2) is 4.98 Å². The molecule has 2 nitrogen and oxygen atoms in total. The minimum atomic E-state index is 0.464. The topological polar surface area (TPSA) is 17.8 Å². The highest BCUT2D eigenvalue weighted by Crippen LogP contribution is 2.60. The predicted octanol–water partition coefficient (Wildman–Crippen LogP) is 4.15. The summed E-state index contributed by atoms with van der Waals surface area (Å²) >= 11 is 0. The normalized spacial score (nSPS) is 39.9. The van der Waals surface area contributed by atoms with Crippen LogP contribution in [0.3, 0.4) is 0 Å². The van der Waals surface area contributed by atoms with Crippen LogP contribution in [0.25, 0.3) is 0 Å². The van der Waals surface area contributed by atoms with Gasteiger partial charge in [-0.1, -0.05) is 13.3 Å². The molecule has 4 aliphatic rings. The van der Waals surface area contributed by atoms with Crippen molar-refractivity contribution in [1.29, 1.82) is 0 Å². The van der Waals surface area contributed by atoms with Crippen LogP contribution in [0.1, 0.15) is 64.1 Å². The molecular formula is C17H26N2. The summed E-state index contributed by atoms with van der Waals surface area (Å²) in [6.45, 7) is 3.45. The van der Waals surface area contributed by atoms with Crippen LogP contribution < -0.4 is 0 Å². The molecular weight excluding hydrogens is 232 g/mol. The van der Waals surface area contributed by atoms with Gasteiger partial charge < -0.3 is 4.57 Å². The van der Waals surface area contributed by atoms with E-state index in [0.29, 0.717) is 5.41 Å². The standard InChI is InChI=1S/C17H26N2/c1-2-3-5-19-6-4-18-16(19)17-10-13-7-14(11-17)9-15(8-13)12-17/h4,6,13-15H,2-3,5,7-12H2,1H3. The second-order valence-electron chi connectivity index (χ2n) is 7.50. The summed E-state index contributed by atoms with van der Waals surface area (Å²) in [5.41, 5.74) is 0.464. The number of hydrogen-bond donors (Lipinski definition) is 0.